The first kappa shape index (κ1) is 18.6. The Morgan fingerprint density at radius 2 is 2.15 bits per heavy atom. The maximum Gasteiger partial charge on any atom is 0.324 e. The van der Waals surface area contributed by atoms with Gasteiger partial charge in [-0.15, -0.1) is 11.8 Å². The minimum Gasteiger partial charge on any atom is -0.460 e. The molecule has 3 aromatic rings. The van der Waals surface area contributed by atoms with Crippen molar-refractivity contribution >= 4 is 29.3 Å². The molecule has 3 N–H and O–H groups in total. The van der Waals surface area contributed by atoms with Gasteiger partial charge >= 0.3 is 6.03 Å². The second kappa shape index (κ2) is 8.47. The van der Waals surface area contributed by atoms with Gasteiger partial charge < -0.3 is 9.73 Å². The lowest BCUT2D eigenvalue weighted by molar-refractivity contribution is 0.262. The van der Waals surface area contributed by atoms with Crippen LogP contribution in [0, 0.1) is 24.2 Å². The first-order valence-electron chi connectivity index (χ1n) is 8.37. The van der Waals surface area contributed by atoms with Crippen molar-refractivity contribution in [3.8, 4) is 17.5 Å². The molecule has 0 aliphatic rings. The number of nitrogens with one attached hydrogen (secondary N) is 3. The van der Waals surface area contributed by atoms with E-state index in [-0.39, 0.29) is 5.92 Å². The number of aromatic nitrogens is 2. The number of amides is 2. The lowest BCUT2D eigenvalue weighted by Gasteiger charge is -2.11. The van der Waals surface area contributed by atoms with E-state index in [4.69, 9.17) is 9.68 Å². The highest BCUT2D eigenvalue weighted by atomic mass is 32.2. The van der Waals surface area contributed by atoms with Crippen LogP contribution in [0.1, 0.15) is 12.7 Å². The van der Waals surface area contributed by atoms with Gasteiger partial charge in [-0.25, -0.2) is 4.79 Å². The molecular weight excluding hydrogens is 362 g/mol. The van der Waals surface area contributed by atoms with Gasteiger partial charge in [-0.05, 0) is 38.1 Å². The molecule has 1 aromatic carbocycles. The van der Waals surface area contributed by atoms with E-state index < -0.39 is 6.03 Å². The zero-order chi connectivity index (χ0) is 19.2. The maximum absolute atomic E-state index is 12.3. The van der Waals surface area contributed by atoms with Gasteiger partial charge in [-0.1, -0.05) is 12.1 Å². The standard InChI is InChI=1S/C19H19N5O2S/c1-12(10-20)11-27-17-6-4-3-5-14(17)21-19(25)22-18-9-15(23-24-18)16-8-7-13(2)26-16/h3-9,12H,11H2,1-2H3,(H3,21,22,23,24,25)/t12-/m1/s1. The van der Waals surface area contributed by atoms with Gasteiger partial charge in [0, 0.05) is 16.7 Å². The Bertz CT molecular complexity index is 972. The summed E-state index contributed by atoms with van der Waals surface area (Å²) < 4.78 is 5.53. The number of urea groups is 1. The van der Waals surface area contributed by atoms with Gasteiger partial charge in [-0.3, -0.25) is 10.4 Å². The summed E-state index contributed by atoms with van der Waals surface area (Å²) in [5, 5.41) is 21.3. The third kappa shape index (κ3) is 4.92. The summed E-state index contributed by atoms with van der Waals surface area (Å²) in [6.07, 6.45) is 0. The van der Waals surface area contributed by atoms with Gasteiger partial charge in [0.05, 0.1) is 17.7 Å². The Labute approximate surface area is 161 Å². The number of nitriles is 1. The molecule has 1 atom stereocenters. The van der Waals surface area contributed by atoms with Crippen LogP contribution in [0.3, 0.4) is 0 Å². The van der Waals surface area contributed by atoms with Crippen molar-refractivity contribution < 1.29 is 9.21 Å². The number of H-pyrrole nitrogens is 1. The molecule has 0 unspecified atom stereocenters. The molecular formula is C19H19N5O2S. The lowest BCUT2D eigenvalue weighted by atomic mass is 10.3. The van der Waals surface area contributed by atoms with Crippen LogP contribution in [-0.4, -0.2) is 22.0 Å². The topological polar surface area (TPSA) is 107 Å². The largest absolute Gasteiger partial charge is 0.460 e. The fourth-order valence-corrected chi connectivity index (χ4v) is 3.26. The van der Waals surface area contributed by atoms with Crippen LogP contribution in [0.25, 0.3) is 11.5 Å². The molecule has 138 valence electrons. The quantitative estimate of drug-likeness (QED) is 0.528. The molecule has 27 heavy (non-hydrogen) atoms. The van der Waals surface area contributed by atoms with Crippen LogP contribution in [-0.2, 0) is 0 Å². The van der Waals surface area contributed by atoms with Gasteiger partial charge in [0.15, 0.2) is 11.6 Å². The Morgan fingerprint density at radius 3 is 2.89 bits per heavy atom. The van der Waals surface area contributed by atoms with Crippen LogP contribution in [0.2, 0.25) is 0 Å². The smallest absolute Gasteiger partial charge is 0.324 e. The highest BCUT2D eigenvalue weighted by Gasteiger charge is 2.12. The molecule has 7 nitrogen and oxygen atoms in total. The van der Waals surface area contributed by atoms with E-state index in [0.29, 0.717) is 28.7 Å². The van der Waals surface area contributed by atoms with E-state index >= 15 is 0 Å². The van der Waals surface area contributed by atoms with Gasteiger partial charge in [-0.2, -0.15) is 10.4 Å². The Hall–Kier alpha value is -3.18. The SMILES string of the molecule is Cc1ccc(-c2cc(NC(=O)Nc3ccccc3SC[C@H](C)C#N)n[nH]2)o1. The summed E-state index contributed by atoms with van der Waals surface area (Å²) in [5.74, 6) is 2.43. The molecule has 2 amide bonds. The Kier molecular flexibility index (Phi) is 5.84. The van der Waals surface area contributed by atoms with Crippen LogP contribution >= 0.6 is 11.8 Å². The summed E-state index contributed by atoms with van der Waals surface area (Å²) in [4.78, 5) is 13.2. The third-order valence-electron chi connectivity index (χ3n) is 3.67. The summed E-state index contributed by atoms with van der Waals surface area (Å²) >= 11 is 1.53. The zero-order valence-corrected chi connectivity index (χ0v) is 15.8. The van der Waals surface area contributed by atoms with Crippen LogP contribution < -0.4 is 10.6 Å². The maximum atomic E-state index is 12.3. The molecule has 0 saturated carbocycles. The molecule has 0 radical (unpaired) electrons. The normalized spacial score (nSPS) is 11.6. The van der Waals surface area contributed by atoms with Crippen molar-refractivity contribution in [1.82, 2.24) is 10.2 Å². The van der Waals surface area contributed by atoms with E-state index in [9.17, 15) is 4.79 Å². The van der Waals surface area contributed by atoms with Crippen molar-refractivity contribution in [2.24, 2.45) is 5.92 Å². The number of aryl methyl sites for hydroxylation is 1. The molecule has 0 fully saturated rings. The number of carbonyl (C=O) groups excluding carboxylic acids is 1. The molecule has 0 bridgehead atoms. The zero-order valence-electron chi connectivity index (χ0n) is 14.9. The van der Waals surface area contributed by atoms with E-state index in [1.165, 1.54) is 11.8 Å². The summed E-state index contributed by atoms with van der Waals surface area (Å²) in [6.45, 7) is 3.73. The highest BCUT2D eigenvalue weighted by Crippen LogP contribution is 2.28. The fraction of sp³-hybridized carbons (Fsp3) is 0.211. The van der Waals surface area contributed by atoms with Crippen molar-refractivity contribution in [1.29, 1.82) is 5.26 Å². The van der Waals surface area contributed by atoms with Crippen molar-refractivity contribution in [3.63, 3.8) is 0 Å². The second-order valence-corrected chi connectivity index (χ2v) is 7.06. The number of furan rings is 1. The van der Waals surface area contributed by atoms with Crippen LogP contribution in [0.4, 0.5) is 16.3 Å². The molecule has 0 aliphatic carbocycles. The van der Waals surface area contributed by atoms with Crippen LogP contribution in [0.5, 0.6) is 0 Å². The molecule has 2 heterocycles. The number of hydrogen-bond acceptors (Lipinski definition) is 5. The van der Waals surface area contributed by atoms with Crippen LogP contribution in [0.15, 0.2) is 51.8 Å². The summed E-state index contributed by atoms with van der Waals surface area (Å²) in [5.41, 5.74) is 1.36. The third-order valence-corrected chi connectivity index (χ3v) is 5.00. The first-order valence-corrected chi connectivity index (χ1v) is 9.35. The molecule has 8 heteroatoms. The number of carbonyl (C=O) groups is 1. The monoisotopic (exact) mass is 381 g/mol. The molecule has 0 spiro atoms. The Morgan fingerprint density at radius 1 is 1.33 bits per heavy atom. The summed E-state index contributed by atoms with van der Waals surface area (Å²) in [7, 11) is 0. The first-order chi connectivity index (χ1) is 13.0. The van der Waals surface area contributed by atoms with Gasteiger partial charge in [0.25, 0.3) is 0 Å². The van der Waals surface area contributed by atoms with E-state index in [2.05, 4.69) is 26.9 Å². The average molecular weight is 381 g/mol. The minimum absolute atomic E-state index is 0.0652. The number of thioether (sulfide) groups is 1. The minimum atomic E-state index is -0.398. The predicted octanol–water partition coefficient (Wildman–Crippen LogP) is 4.87. The van der Waals surface area contributed by atoms with E-state index in [1.54, 1.807) is 6.07 Å². The molecule has 3 rings (SSSR count). The van der Waals surface area contributed by atoms with Crippen molar-refractivity contribution in [2.75, 3.05) is 16.4 Å². The molecule has 0 saturated heterocycles. The van der Waals surface area contributed by atoms with Gasteiger partial charge in [0.2, 0.25) is 0 Å². The van der Waals surface area contributed by atoms with E-state index in [1.807, 2.05) is 50.2 Å². The lowest BCUT2D eigenvalue weighted by Crippen LogP contribution is -2.20. The summed E-state index contributed by atoms with van der Waals surface area (Å²) in [6, 6.07) is 14.7. The number of benzene rings is 1. The number of rotatable bonds is 6. The molecule has 0 aliphatic heterocycles. The Balaban J connectivity index is 1.63. The van der Waals surface area contributed by atoms with Gasteiger partial charge in [0.1, 0.15) is 11.5 Å². The number of anilines is 2. The fourth-order valence-electron chi connectivity index (χ4n) is 2.31. The predicted molar refractivity (Wildman–Crippen MR) is 106 cm³/mol. The average Bonchev–Trinajstić information content (AvgIpc) is 3.29. The van der Waals surface area contributed by atoms with E-state index in [0.717, 1.165) is 10.7 Å². The van der Waals surface area contributed by atoms with Crippen molar-refractivity contribution in [2.45, 2.75) is 18.7 Å². The van der Waals surface area contributed by atoms with Crippen molar-refractivity contribution in [3.05, 3.63) is 48.2 Å². The number of nitrogens with zero attached hydrogens (tertiary/aromatic N) is 2. The number of para-hydroxylation sites is 1. The highest BCUT2D eigenvalue weighted by molar-refractivity contribution is 7.99. The molecule has 2 aromatic heterocycles. The number of aromatic amines is 1. The number of hydrogen-bond donors (Lipinski definition) is 3. The second-order valence-electron chi connectivity index (χ2n) is 5.99.